The van der Waals surface area contributed by atoms with Gasteiger partial charge >= 0.3 is 0 Å². The molecule has 0 aliphatic carbocycles. The van der Waals surface area contributed by atoms with E-state index >= 15 is 0 Å². The Morgan fingerprint density at radius 1 is 1.25 bits per heavy atom. The number of aromatic nitrogens is 2. The third-order valence-corrected chi connectivity index (χ3v) is 7.14. The molecule has 2 aromatic heterocycles. The van der Waals surface area contributed by atoms with Crippen molar-refractivity contribution in [2.75, 3.05) is 4.90 Å². The van der Waals surface area contributed by atoms with Gasteiger partial charge in [-0.1, -0.05) is 35.5 Å². The molecule has 9 heteroatoms. The topological polar surface area (TPSA) is 46.1 Å². The number of para-hydroxylation sites is 1. The lowest BCUT2D eigenvalue weighted by Crippen LogP contribution is -2.23. The summed E-state index contributed by atoms with van der Waals surface area (Å²) in [6, 6.07) is 11.8. The molecule has 4 rings (SSSR count). The molecule has 0 spiro atoms. The highest BCUT2D eigenvalue weighted by Crippen LogP contribution is 2.35. The highest BCUT2D eigenvalue weighted by Gasteiger charge is 2.21. The van der Waals surface area contributed by atoms with E-state index in [2.05, 4.69) is 9.97 Å². The number of thioether (sulfide) groups is 1. The Morgan fingerprint density at radius 3 is 2.86 bits per heavy atom. The number of anilines is 2. The maximum atomic E-state index is 14.2. The first-order valence-corrected chi connectivity index (χ1v) is 11.3. The third-order valence-electron chi connectivity index (χ3n) is 3.81. The van der Waals surface area contributed by atoms with Crippen LogP contribution in [0.3, 0.4) is 0 Å². The van der Waals surface area contributed by atoms with Crippen molar-refractivity contribution < 1.29 is 9.18 Å². The van der Waals surface area contributed by atoms with E-state index in [-0.39, 0.29) is 11.6 Å². The van der Waals surface area contributed by atoms with Crippen molar-refractivity contribution in [1.29, 1.82) is 0 Å². The predicted molar refractivity (Wildman–Crippen MR) is 116 cm³/mol. The average molecular weight is 450 g/mol. The predicted octanol–water partition coefficient (Wildman–Crippen LogP) is 6.52. The molecule has 142 valence electrons. The van der Waals surface area contributed by atoms with Gasteiger partial charge in [0.05, 0.1) is 21.6 Å². The lowest BCUT2D eigenvalue weighted by Gasteiger charge is -2.18. The van der Waals surface area contributed by atoms with Crippen LogP contribution >= 0.6 is 46.0 Å². The lowest BCUT2D eigenvalue weighted by atomic mass is 10.3. The number of benzene rings is 2. The van der Waals surface area contributed by atoms with E-state index in [1.54, 1.807) is 41.3 Å². The van der Waals surface area contributed by atoms with Crippen LogP contribution in [0.25, 0.3) is 10.2 Å². The largest absolute Gasteiger partial charge is 0.274 e. The molecule has 0 aliphatic rings. The van der Waals surface area contributed by atoms with Crippen LogP contribution in [0.2, 0.25) is 5.02 Å². The van der Waals surface area contributed by atoms with Gasteiger partial charge in [0.15, 0.2) is 9.47 Å². The molecule has 1 amide bonds. The zero-order valence-corrected chi connectivity index (χ0v) is 17.8. The van der Waals surface area contributed by atoms with Crippen molar-refractivity contribution in [3.05, 3.63) is 64.4 Å². The van der Waals surface area contributed by atoms with Crippen LogP contribution in [0.4, 0.5) is 15.2 Å². The number of amides is 1. The monoisotopic (exact) mass is 449 g/mol. The number of halogens is 2. The number of fused-ring (bicyclic) bond motifs is 1. The summed E-state index contributed by atoms with van der Waals surface area (Å²) in [5.41, 5.74) is 1.89. The molecule has 0 N–H and O–H groups in total. The normalized spacial score (nSPS) is 11.1. The Labute approximate surface area is 178 Å². The second-order valence-corrected chi connectivity index (χ2v) is 9.33. The summed E-state index contributed by atoms with van der Waals surface area (Å²) in [6.45, 7) is 1.40. The molecule has 0 radical (unpaired) electrons. The number of rotatable bonds is 5. The molecule has 2 heterocycles. The fourth-order valence-electron chi connectivity index (χ4n) is 2.58. The van der Waals surface area contributed by atoms with Crippen LogP contribution in [0.5, 0.6) is 0 Å². The van der Waals surface area contributed by atoms with Gasteiger partial charge in [-0.25, -0.2) is 14.4 Å². The van der Waals surface area contributed by atoms with Gasteiger partial charge in [0.1, 0.15) is 5.82 Å². The summed E-state index contributed by atoms with van der Waals surface area (Å²) in [5, 5.41) is 2.99. The molecule has 0 atom stereocenters. The second kappa shape index (κ2) is 8.16. The zero-order valence-electron chi connectivity index (χ0n) is 14.6. The van der Waals surface area contributed by atoms with Gasteiger partial charge in [0.25, 0.3) is 0 Å². The summed E-state index contributed by atoms with van der Waals surface area (Å²) in [6.07, 6.45) is 0. The number of carbonyl (C=O) groups is 1. The molecule has 4 aromatic rings. The van der Waals surface area contributed by atoms with Crippen LogP contribution in [-0.4, -0.2) is 15.9 Å². The number of thiazole rings is 2. The molecule has 4 nitrogen and oxygen atoms in total. The van der Waals surface area contributed by atoms with Gasteiger partial charge in [-0.15, -0.1) is 22.7 Å². The van der Waals surface area contributed by atoms with Crippen molar-refractivity contribution in [2.24, 2.45) is 0 Å². The summed E-state index contributed by atoms with van der Waals surface area (Å²) in [5.74, 6) is -0.147. The van der Waals surface area contributed by atoms with E-state index in [1.165, 1.54) is 29.2 Å². The summed E-state index contributed by atoms with van der Waals surface area (Å²) in [7, 11) is 0. The van der Waals surface area contributed by atoms with Crippen molar-refractivity contribution in [3.8, 4) is 0 Å². The zero-order chi connectivity index (χ0) is 19.7. The van der Waals surface area contributed by atoms with Gasteiger partial charge in [-0.3, -0.25) is 9.69 Å². The van der Waals surface area contributed by atoms with Gasteiger partial charge < -0.3 is 0 Å². The third kappa shape index (κ3) is 4.05. The standard InChI is InChI=1S/C19H13ClFN3OS3/c1-11(25)24(16-5-3-2-4-14(16)21)18-22-13(9-26-18)10-27-19-23-15-8-12(20)6-7-17(15)28-19/h2-9H,10H2,1H3. The maximum Gasteiger partial charge on any atom is 0.230 e. The van der Waals surface area contributed by atoms with Crippen molar-refractivity contribution >= 4 is 73.0 Å². The van der Waals surface area contributed by atoms with E-state index in [4.69, 9.17) is 11.6 Å². The molecule has 0 unspecified atom stereocenters. The van der Waals surface area contributed by atoms with E-state index in [9.17, 15) is 9.18 Å². The quantitative estimate of drug-likeness (QED) is 0.325. The second-order valence-electron chi connectivity index (χ2n) is 5.81. The first-order chi connectivity index (χ1) is 13.5. The minimum atomic E-state index is -0.461. The van der Waals surface area contributed by atoms with Crippen LogP contribution in [0, 0.1) is 5.82 Å². The number of hydrogen-bond acceptors (Lipinski definition) is 6. The molecule has 0 saturated carbocycles. The molecular weight excluding hydrogens is 437 g/mol. The smallest absolute Gasteiger partial charge is 0.230 e. The first kappa shape index (κ1) is 19.3. The SMILES string of the molecule is CC(=O)N(c1nc(CSc2nc3cc(Cl)ccc3s2)cs1)c1ccccc1F. The number of carbonyl (C=O) groups excluding carboxylic acids is 1. The lowest BCUT2D eigenvalue weighted by molar-refractivity contribution is -0.115. The van der Waals surface area contributed by atoms with Crippen LogP contribution in [0.1, 0.15) is 12.6 Å². The summed E-state index contributed by atoms with van der Waals surface area (Å²) in [4.78, 5) is 22.5. The number of nitrogens with zero attached hydrogens (tertiary/aromatic N) is 3. The average Bonchev–Trinajstić information content (AvgIpc) is 3.28. The van der Waals surface area contributed by atoms with Crippen LogP contribution in [-0.2, 0) is 10.5 Å². The first-order valence-electron chi connectivity index (χ1n) is 8.20. The van der Waals surface area contributed by atoms with Crippen LogP contribution < -0.4 is 4.90 Å². The van der Waals surface area contributed by atoms with Gasteiger partial charge in [0, 0.05) is 23.1 Å². The van der Waals surface area contributed by atoms with E-state index in [1.807, 2.05) is 23.6 Å². The molecule has 0 bridgehead atoms. The Kier molecular flexibility index (Phi) is 5.63. The minimum Gasteiger partial charge on any atom is -0.274 e. The molecule has 28 heavy (non-hydrogen) atoms. The maximum absolute atomic E-state index is 14.2. The highest BCUT2D eigenvalue weighted by molar-refractivity contribution is 8.00. The summed E-state index contributed by atoms with van der Waals surface area (Å²) >= 11 is 10.5. The summed E-state index contributed by atoms with van der Waals surface area (Å²) < 4.78 is 16.2. The molecule has 2 aromatic carbocycles. The van der Waals surface area contributed by atoms with Crippen LogP contribution in [0.15, 0.2) is 52.2 Å². The fraction of sp³-hybridized carbons (Fsp3) is 0.105. The van der Waals surface area contributed by atoms with Gasteiger partial charge in [0.2, 0.25) is 5.91 Å². The van der Waals surface area contributed by atoms with Crippen molar-refractivity contribution in [2.45, 2.75) is 17.0 Å². The Bertz CT molecular complexity index is 1160. The number of hydrogen-bond donors (Lipinski definition) is 0. The van der Waals surface area contributed by atoms with E-state index in [0.29, 0.717) is 15.9 Å². The Balaban J connectivity index is 1.53. The highest BCUT2D eigenvalue weighted by atomic mass is 35.5. The van der Waals surface area contributed by atoms with Gasteiger partial charge in [-0.05, 0) is 30.3 Å². The molecule has 0 saturated heterocycles. The minimum absolute atomic E-state index is 0.201. The fourth-order valence-corrected chi connectivity index (χ4v) is 5.68. The van der Waals surface area contributed by atoms with E-state index < -0.39 is 5.82 Å². The Morgan fingerprint density at radius 2 is 2.07 bits per heavy atom. The molecular formula is C19H13ClFN3OS3. The molecule has 0 fully saturated rings. The molecule has 0 aliphatic heterocycles. The Hall–Kier alpha value is -2.00. The van der Waals surface area contributed by atoms with Crippen molar-refractivity contribution in [3.63, 3.8) is 0 Å². The van der Waals surface area contributed by atoms with E-state index in [0.717, 1.165) is 20.3 Å². The van der Waals surface area contributed by atoms with Crippen molar-refractivity contribution in [1.82, 2.24) is 9.97 Å². The van der Waals surface area contributed by atoms with Gasteiger partial charge in [-0.2, -0.15) is 0 Å².